The number of carbonyl (C=O) groups excluding carboxylic acids is 1. The van der Waals surface area contributed by atoms with Crippen molar-refractivity contribution in [3.8, 4) is 0 Å². The number of hydrogen-bond donors (Lipinski definition) is 0. The van der Waals surface area contributed by atoms with Gasteiger partial charge in [-0.25, -0.2) is 4.39 Å². The molecule has 0 aliphatic heterocycles. The third kappa shape index (κ3) is 2.99. The van der Waals surface area contributed by atoms with Crippen molar-refractivity contribution >= 4 is 5.91 Å². The number of aryl methyl sites for hydroxylation is 2. The molecule has 2 rings (SSSR count). The summed E-state index contributed by atoms with van der Waals surface area (Å²) in [5.41, 5.74) is 1.48. The molecule has 0 spiro atoms. The van der Waals surface area contributed by atoms with Crippen LogP contribution in [-0.2, 0) is 6.54 Å². The minimum absolute atomic E-state index is 0.0633. The van der Waals surface area contributed by atoms with E-state index in [1.807, 2.05) is 0 Å². The van der Waals surface area contributed by atoms with Gasteiger partial charge in [0.25, 0.3) is 5.91 Å². The van der Waals surface area contributed by atoms with Crippen molar-refractivity contribution in [3.63, 3.8) is 0 Å². The van der Waals surface area contributed by atoms with Crippen molar-refractivity contribution < 1.29 is 13.7 Å². The standard InChI is InChI=1S/C14H15FN2O2/c1-9-4-5-12(13(15)6-9)14(18)17(3)8-11-7-10(2)19-16-11/h4-7H,8H2,1-3H3. The molecule has 1 aromatic heterocycles. The van der Waals surface area contributed by atoms with Crippen LogP contribution in [0.1, 0.15) is 27.4 Å². The van der Waals surface area contributed by atoms with Crippen LogP contribution >= 0.6 is 0 Å². The number of carbonyl (C=O) groups is 1. The summed E-state index contributed by atoms with van der Waals surface area (Å²) in [5.74, 6) is -0.205. The maximum atomic E-state index is 13.7. The molecule has 0 aliphatic carbocycles. The van der Waals surface area contributed by atoms with Gasteiger partial charge >= 0.3 is 0 Å². The number of rotatable bonds is 3. The summed E-state index contributed by atoms with van der Waals surface area (Å²) in [6, 6.07) is 6.30. The number of nitrogens with zero attached hydrogens (tertiary/aromatic N) is 2. The van der Waals surface area contributed by atoms with Gasteiger partial charge in [0.2, 0.25) is 0 Å². The first kappa shape index (κ1) is 13.3. The van der Waals surface area contributed by atoms with Gasteiger partial charge in [-0.05, 0) is 31.5 Å². The van der Waals surface area contributed by atoms with E-state index >= 15 is 0 Å². The molecular weight excluding hydrogens is 247 g/mol. The van der Waals surface area contributed by atoms with Gasteiger partial charge in [-0.1, -0.05) is 11.2 Å². The second-order valence-corrected chi connectivity index (χ2v) is 4.57. The van der Waals surface area contributed by atoms with Crippen LogP contribution in [0.4, 0.5) is 4.39 Å². The zero-order valence-electron chi connectivity index (χ0n) is 11.1. The van der Waals surface area contributed by atoms with E-state index in [0.717, 1.165) is 5.56 Å². The lowest BCUT2D eigenvalue weighted by Gasteiger charge is -2.16. The molecule has 1 aromatic carbocycles. The second-order valence-electron chi connectivity index (χ2n) is 4.57. The lowest BCUT2D eigenvalue weighted by Crippen LogP contribution is -2.27. The zero-order chi connectivity index (χ0) is 14.0. The van der Waals surface area contributed by atoms with E-state index in [0.29, 0.717) is 11.5 Å². The van der Waals surface area contributed by atoms with Gasteiger partial charge in [0.15, 0.2) is 0 Å². The number of benzene rings is 1. The third-order valence-corrected chi connectivity index (χ3v) is 2.78. The fourth-order valence-electron chi connectivity index (χ4n) is 1.81. The molecule has 2 aromatic rings. The molecule has 0 saturated heterocycles. The van der Waals surface area contributed by atoms with Gasteiger partial charge in [-0.3, -0.25) is 4.79 Å². The van der Waals surface area contributed by atoms with Gasteiger partial charge in [-0.2, -0.15) is 0 Å². The highest BCUT2D eigenvalue weighted by molar-refractivity contribution is 5.94. The number of hydrogen-bond acceptors (Lipinski definition) is 3. The van der Waals surface area contributed by atoms with E-state index in [1.165, 1.54) is 17.0 Å². The van der Waals surface area contributed by atoms with Crippen molar-refractivity contribution in [2.75, 3.05) is 7.05 Å². The van der Waals surface area contributed by atoms with E-state index in [4.69, 9.17) is 4.52 Å². The molecule has 0 aliphatic rings. The van der Waals surface area contributed by atoms with Crippen molar-refractivity contribution in [2.45, 2.75) is 20.4 Å². The summed E-state index contributed by atoms with van der Waals surface area (Å²) in [6.45, 7) is 3.83. The zero-order valence-corrected chi connectivity index (χ0v) is 11.1. The summed E-state index contributed by atoms with van der Waals surface area (Å²) in [5, 5.41) is 3.81. The van der Waals surface area contributed by atoms with Crippen molar-refractivity contribution in [1.82, 2.24) is 10.1 Å². The Morgan fingerprint density at radius 3 is 2.68 bits per heavy atom. The average molecular weight is 262 g/mol. The number of aromatic nitrogens is 1. The minimum atomic E-state index is -0.506. The minimum Gasteiger partial charge on any atom is -0.361 e. The Hall–Kier alpha value is -2.17. The molecule has 0 fully saturated rings. The maximum Gasteiger partial charge on any atom is 0.256 e. The van der Waals surface area contributed by atoms with Crippen LogP contribution in [-0.4, -0.2) is 23.0 Å². The van der Waals surface area contributed by atoms with Gasteiger partial charge in [0.05, 0.1) is 12.1 Å². The first-order valence-corrected chi connectivity index (χ1v) is 5.91. The Bertz CT molecular complexity index is 607. The van der Waals surface area contributed by atoms with Crippen LogP contribution in [0.2, 0.25) is 0 Å². The van der Waals surface area contributed by atoms with Crippen LogP contribution in [0.5, 0.6) is 0 Å². The van der Waals surface area contributed by atoms with Crippen LogP contribution in [0.3, 0.4) is 0 Å². The van der Waals surface area contributed by atoms with Crippen LogP contribution in [0.25, 0.3) is 0 Å². The second kappa shape index (κ2) is 5.22. The SMILES string of the molecule is Cc1ccc(C(=O)N(C)Cc2cc(C)on2)c(F)c1. The summed E-state index contributed by atoms with van der Waals surface area (Å²) in [7, 11) is 1.60. The number of halogens is 1. The molecule has 0 N–H and O–H groups in total. The Kier molecular flexibility index (Phi) is 3.64. The first-order chi connectivity index (χ1) is 8.97. The Morgan fingerprint density at radius 2 is 2.11 bits per heavy atom. The highest BCUT2D eigenvalue weighted by Crippen LogP contribution is 2.13. The molecular formula is C14H15FN2O2. The van der Waals surface area contributed by atoms with E-state index in [9.17, 15) is 9.18 Å². The van der Waals surface area contributed by atoms with E-state index in [-0.39, 0.29) is 18.0 Å². The topological polar surface area (TPSA) is 46.3 Å². The molecule has 1 amide bonds. The van der Waals surface area contributed by atoms with E-state index < -0.39 is 5.82 Å². The molecule has 4 nitrogen and oxygen atoms in total. The van der Waals surface area contributed by atoms with Crippen molar-refractivity contribution in [1.29, 1.82) is 0 Å². The number of amides is 1. The van der Waals surface area contributed by atoms with Crippen molar-refractivity contribution in [2.24, 2.45) is 0 Å². The first-order valence-electron chi connectivity index (χ1n) is 5.91. The summed E-state index contributed by atoms with van der Waals surface area (Å²) in [6.07, 6.45) is 0. The summed E-state index contributed by atoms with van der Waals surface area (Å²) >= 11 is 0. The molecule has 0 radical (unpaired) electrons. The lowest BCUT2D eigenvalue weighted by molar-refractivity contribution is 0.0777. The maximum absolute atomic E-state index is 13.7. The van der Waals surface area contributed by atoms with Crippen LogP contribution in [0, 0.1) is 19.7 Å². The van der Waals surface area contributed by atoms with Gasteiger partial charge in [-0.15, -0.1) is 0 Å². The molecule has 100 valence electrons. The Morgan fingerprint density at radius 1 is 1.37 bits per heavy atom. The fraction of sp³-hybridized carbons (Fsp3) is 0.286. The summed E-state index contributed by atoms with van der Waals surface area (Å²) in [4.78, 5) is 13.5. The quantitative estimate of drug-likeness (QED) is 0.854. The van der Waals surface area contributed by atoms with Gasteiger partial charge < -0.3 is 9.42 Å². The molecule has 19 heavy (non-hydrogen) atoms. The van der Waals surface area contributed by atoms with Crippen molar-refractivity contribution in [3.05, 3.63) is 52.7 Å². The smallest absolute Gasteiger partial charge is 0.256 e. The lowest BCUT2D eigenvalue weighted by atomic mass is 10.1. The Labute approximate surface area is 110 Å². The van der Waals surface area contributed by atoms with E-state index in [2.05, 4.69) is 5.16 Å². The molecule has 1 heterocycles. The van der Waals surface area contributed by atoms with Gasteiger partial charge in [0.1, 0.15) is 17.3 Å². The largest absolute Gasteiger partial charge is 0.361 e. The van der Waals surface area contributed by atoms with Gasteiger partial charge in [0, 0.05) is 13.1 Å². The molecule has 0 bridgehead atoms. The summed E-state index contributed by atoms with van der Waals surface area (Å²) < 4.78 is 18.7. The monoisotopic (exact) mass is 262 g/mol. The van der Waals surface area contributed by atoms with Crippen LogP contribution in [0.15, 0.2) is 28.8 Å². The highest BCUT2D eigenvalue weighted by Gasteiger charge is 2.17. The molecule has 0 saturated carbocycles. The highest BCUT2D eigenvalue weighted by atomic mass is 19.1. The normalized spacial score (nSPS) is 10.5. The molecule has 0 atom stereocenters. The van der Waals surface area contributed by atoms with E-state index in [1.54, 1.807) is 33.0 Å². The fourth-order valence-corrected chi connectivity index (χ4v) is 1.81. The van der Waals surface area contributed by atoms with Crippen LogP contribution < -0.4 is 0 Å². The Balaban J connectivity index is 2.14. The molecule has 0 unspecified atom stereocenters. The average Bonchev–Trinajstić information content (AvgIpc) is 2.74. The molecule has 5 heteroatoms. The predicted octanol–water partition coefficient (Wildman–Crippen LogP) is 2.70. The predicted molar refractivity (Wildman–Crippen MR) is 68.2 cm³/mol. The third-order valence-electron chi connectivity index (χ3n) is 2.78.